The van der Waals surface area contributed by atoms with Gasteiger partial charge in [-0.3, -0.25) is 9.59 Å². The van der Waals surface area contributed by atoms with Crippen LogP contribution in [-0.2, 0) is 0 Å². The van der Waals surface area contributed by atoms with Crippen LogP contribution in [0.2, 0.25) is 0 Å². The quantitative estimate of drug-likeness (QED) is 0.532. The number of nitrogens with zero attached hydrogens (tertiary/aromatic N) is 3. The summed E-state index contributed by atoms with van der Waals surface area (Å²) in [5.74, 6) is -1.38. The molecule has 0 radical (unpaired) electrons. The summed E-state index contributed by atoms with van der Waals surface area (Å²) < 4.78 is 0. The van der Waals surface area contributed by atoms with E-state index in [1.807, 2.05) is 0 Å². The lowest BCUT2D eigenvalue weighted by atomic mass is 10.1. The third-order valence-electron chi connectivity index (χ3n) is 3.88. The highest BCUT2D eigenvalue weighted by atomic mass is 16.3. The molecule has 3 aromatic heterocycles. The largest absolute Gasteiger partial charge is 0.505 e. The highest BCUT2D eigenvalue weighted by molar-refractivity contribution is 6.04. The van der Waals surface area contributed by atoms with Crippen LogP contribution in [0.5, 0.6) is 11.5 Å². The molecule has 142 valence electrons. The minimum absolute atomic E-state index is 0.0810. The predicted octanol–water partition coefficient (Wildman–Crippen LogP) is 2.03. The van der Waals surface area contributed by atoms with E-state index in [1.165, 1.54) is 42.9 Å². The average Bonchev–Trinajstić information content (AvgIpc) is 2.68. The van der Waals surface area contributed by atoms with Crippen molar-refractivity contribution in [3.8, 4) is 11.5 Å². The third-order valence-corrected chi connectivity index (χ3v) is 3.88. The van der Waals surface area contributed by atoms with E-state index in [2.05, 4.69) is 25.6 Å². The fourth-order valence-electron chi connectivity index (χ4n) is 2.45. The summed E-state index contributed by atoms with van der Waals surface area (Å²) in [7, 11) is 0. The Hall–Kier alpha value is -4.01. The van der Waals surface area contributed by atoms with Crippen molar-refractivity contribution in [3.63, 3.8) is 0 Å². The molecule has 9 nitrogen and oxygen atoms in total. The molecule has 0 aromatic carbocycles. The van der Waals surface area contributed by atoms with Gasteiger partial charge in [0.1, 0.15) is 17.3 Å². The van der Waals surface area contributed by atoms with Crippen LogP contribution in [0.25, 0.3) is 0 Å². The van der Waals surface area contributed by atoms with Gasteiger partial charge in [-0.25, -0.2) is 15.0 Å². The molecule has 0 aliphatic carbocycles. The van der Waals surface area contributed by atoms with Gasteiger partial charge in [0.2, 0.25) is 0 Å². The average molecular weight is 379 g/mol. The van der Waals surface area contributed by atoms with Crippen molar-refractivity contribution in [2.45, 2.75) is 13.0 Å². The molecule has 2 amide bonds. The van der Waals surface area contributed by atoms with Gasteiger partial charge in [-0.2, -0.15) is 0 Å². The minimum atomic E-state index is -0.613. The molecule has 0 aliphatic heterocycles. The normalized spacial score (nSPS) is 11.5. The van der Waals surface area contributed by atoms with Crippen molar-refractivity contribution in [1.29, 1.82) is 0 Å². The Morgan fingerprint density at radius 3 is 2.11 bits per heavy atom. The topological polar surface area (TPSA) is 137 Å². The summed E-state index contributed by atoms with van der Waals surface area (Å²) in [6.45, 7) is 1.74. The van der Waals surface area contributed by atoms with E-state index in [0.29, 0.717) is 5.56 Å². The predicted molar refractivity (Wildman–Crippen MR) is 99.9 cm³/mol. The van der Waals surface area contributed by atoms with E-state index >= 15 is 0 Å². The number of hydrogen-bond acceptors (Lipinski definition) is 7. The first kappa shape index (κ1) is 18.8. The molecule has 1 unspecified atom stereocenters. The van der Waals surface area contributed by atoms with Crippen molar-refractivity contribution in [3.05, 3.63) is 71.9 Å². The monoisotopic (exact) mass is 379 g/mol. The maximum atomic E-state index is 12.3. The molecule has 0 spiro atoms. The van der Waals surface area contributed by atoms with Crippen LogP contribution in [0.15, 0.2) is 55.0 Å². The molecular weight excluding hydrogens is 362 g/mol. The third kappa shape index (κ3) is 4.21. The van der Waals surface area contributed by atoms with Crippen molar-refractivity contribution in [2.75, 3.05) is 5.32 Å². The number of amides is 2. The van der Waals surface area contributed by atoms with Crippen LogP contribution in [-0.4, -0.2) is 37.0 Å². The Morgan fingerprint density at radius 2 is 1.50 bits per heavy atom. The van der Waals surface area contributed by atoms with E-state index in [1.54, 1.807) is 19.1 Å². The molecule has 3 aromatic rings. The summed E-state index contributed by atoms with van der Waals surface area (Å²) in [6.07, 6.45) is 4.28. The molecule has 0 saturated heterocycles. The van der Waals surface area contributed by atoms with Gasteiger partial charge >= 0.3 is 0 Å². The zero-order valence-corrected chi connectivity index (χ0v) is 14.8. The van der Waals surface area contributed by atoms with Crippen LogP contribution < -0.4 is 10.6 Å². The van der Waals surface area contributed by atoms with E-state index in [-0.39, 0.29) is 28.7 Å². The van der Waals surface area contributed by atoms with Gasteiger partial charge < -0.3 is 20.8 Å². The molecule has 0 aliphatic rings. The van der Waals surface area contributed by atoms with E-state index in [9.17, 15) is 19.8 Å². The number of carbonyl (C=O) groups excluding carboxylic acids is 2. The molecule has 3 heterocycles. The fraction of sp³-hybridized carbons (Fsp3) is 0.105. The minimum Gasteiger partial charge on any atom is -0.505 e. The number of aromatic hydroxyl groups is 2. The Bertz CT molecular complexity index is 1020. The number of nitrogens with one attached hydrogen (secondary N) is 2. The van der Waals surface area contributed by atoms with E-state index < -0.39 is 17.9 Å². The van der Waals surface area contributed by atoms with Crippen LogP contribution in [0.4, 0.5) is 5.82 Å². The summed E-state index contributed by atoms with van der Waals surface area (Å²) in [6, 6.07) is 8.58. The van der Waals surface area contributed by atoms with Gasteiger partial charge in [0.05, 0.1) is 6.04 Å². The van der Waals surface area contributed by atoms with Gasteiger partial charge in [0, 0.05) is 18.6 Å². The number of carbonyl (C=O) groups is 2. The van der Waals surface area contributed by atoms with Crippen LogP contribution in [0.1, 0.15) is 39.5 Å². The molecule has 28 heavy (non-hydrogen) atoms. The maximum Gasteiger partial charge on any atom is 0.279 e. The second kappa shape index (κ2) is 8.12. The summed E-state index contributed by atoms with van der Waals surface area (Å²) in [5.41, 5.74) is 0.462. The van der Waals surface area contributed by atoms with Gasteiger partial charge in [-0.1, -0.05) is 0 Å². The van der Waals surface area contributed by atoms with Gasteiger partial charge in [0.25, 0.3) is 11.8 Å². The number of rotatable bonds is 5. The van der Waals surface area contributed by atoms with Crippen molar-refractivity contribution >= 4 is 17.6 Å². The number of hydrogen-bond donors (Lipinski definition) is 4. The second-order valence-electron chi connectivity index (χ2n) is 5.87. The molecular formula is C19H17N5O4. The highest BCUT2D eigenvalue weighted by Crippen LogP contribution is 2.19. The van der Waals surface area contributed by atoms with Gasteiger partial charge in [-0.15, -0.1) is 0 Å². The van der Waals surface area contributed by atoms with Crippen molar-refractivity contribution < 1.29 is 19.8 Å². The standard InChI is InChI=1S/C19H17N5O4/c1-11(23-18(27)16-13(25)4-2-7-21-16)12-6-9-20-15(10-12)24-19(28)17-14(26)5-3-8-22-17/h2-11,25-26H,1H3,(H,23,27)(H,20,24,28). The molecule has 9 heteroatoms. The zero-order chi connectivity index (χ0) is 20.1. The van der Waals surface area contributed by atoms with E-state index in [4.69, 9.17) is 0 Å². The molecule has 3 rings (SSSR count). The Morgan fingerprint density at radius 1 is 0.893 bits per heavy atom. The molecule has 0 bridgehead atoms. The first-order chi connectivity index (χ1) is 13.5. The first-order valence-electron chi connectivity index (χ1n) is 8.32. The van der Waals surface area contributed by atoms with Crippen molar-refractivity contribution in [2.24, 2.45) is 0 Å². The second-order valence-corrected chi connectivity index (χ2v) is 5.87. The highest BCUT2D eigenvalue weighted by Gasteiger charge is 2.17. The zero-order valence-electron chi connectivity index (χ0n) is 14.8. The Labute approximate surface area is 160 Å². The number of pyridine rings is 3. The van der Waals surface area contributed by atoms with Crippen LogP contribution in [0.3, 0.4) is 0 Å². The first-order valence-corrected chi connectivity index (χ1v) is 8.32. The van der Waals surface area contributed by atoms with Gasteiger partial charge in [-0.05, 0) is 48.9 Å². The van der Waals surface area contributed by atoms with Crippen LogP contribution in [0, 0.1) is 0 Å². The number of aromatic nitrogens is 3. The van der Waals surface area contributed by atoms with Crippen LogP contribution >= 0.6 is 0 Å². The lowest BCUT2D eigenvalue weighted by molar-refractivity contribution is 0.0930. The molecule has 0 saturated carbocycles. The lowest BCUT2D eigenvalue weighted by Gasteiger charge is -2.15. The fourth-order valence-corrected chi connectivity index (χ4v) is 2.45. The Kier molecular flexibility index (Phi) is 5.45. The SMILES string of the molecule is CC(NC(=O)c1ncccc1O)c1ccnc(NC(=O)c2ncccc2O)c1. The van der Waals surface area contributed by atoms with Gasteiger partial charge in [0.15, 0.2) is 11.4 Å². The smallest absolute Gasteiger partial charge is 0.279 e. The number of anilines is 1. The molecule has 0 fully saturated rings. The summed E-state index contributed by atoms with van der Waals surface area (Å²) in [4.78, 5) is 36.3. The summed E-state index contributed by atoms with van der Waals surface area (Å²) in [5, 5.41) is 24.7. The van der Waals surface area contributed by atoms with Crippen molar-refractivity contribution in [1.82, 2.24) is 20.3 Å². The Balaban J connectivity index is 1.72. The molecule has 4 N–H and O–H groups in total. The van der Waals surface area contributed by atoms with E-state index in [0.717, 1.165) is 0 Å². The molecule has 1 atom stereocenters. The summed E-state index contributed by atoms with van der Waals surface area (Å²) >= 11 is 0. The maximum absolute atomic E-state index is 12.3. The lowest BCUT2D eigenvalue weighted by Crippen LogP contribution is -2.27.